The minimum Gasteiger partial charge on any atom is -0.501 e. The SMILES string of the molecule is COC1=CC(C(=O)OCC(C)(COC(=O)c2cc(OC)cc(OC)c2)COC(=O)c2cc(OC)cc(OC)c2)=CC(OC)C1. The van der Waals surface area contributed by atoms with Gasteiger partial charge < -0.3 is 42.6 Å². The van der Waals surface area contributed by atoms with E-state index in [1.54, 1.807) is 31.2 Å². The molecular formula is C32H38O12. The molecular weight excluding hydrogens is 576 g/mol. The van der Waals surface area contributed by atoms with Crippen LogP contribution in [0.4, 0.5) is 0 Å². The molecule has 0 fully saturated rings. The molecule has 0 saturated carbocycles. The van der Waals surface area contributed by atoms with E-state index in [9.17, 15) is 14.4 Å². The number of hydrogen-bond acceptors (Lipinski definition) is 12. The average Bonchev–Trinajstić information content (AvgIpc) is 3.07. The van der Waals surface area contributed by atoms with Gasteiger partial charge in [0.15, 0.2) is 0 Å². The van der Waals surface area contributed by atoms with E-state index in [2.05, 4.69) is 0 Å². The Morgan fingerprint density at radius 1 is 0.636 bits per heavy atom. The molecule has 0 amide bonds. The number of carbonyl (C=O) groups excluding carboxylic acids is 3. The average molecular weight is 615 g/mol. The minimum absolute atomic E-state index is 0.177. The first kappa shape index (κ1) is 33.8. The molecule has 1 unspecified atom stereocenters. The second kappa shape index (κ2) is 15.7. The Morgan fingerprint density at radius 3 is 1.41 bits per heavy atom. The van der Waals surface area contributed by atoms with Gasteiger partial charge in [-0.3, -0.25) is 0 Å². The summed E-state index contributed by atoms with van der Waals surface area (Å²) in [6, 6.07) is 9.23. The third kappa shape index (κ3) is 9.14. The molecule has 0 heterocycles. The second-order valence-corrected chi connectivity index (χ2v) is 10.2. The summed E-state index contributed by atoms with van der Waals surface area (Å²) < 4.78 is 48.5. The first-order valence-electron chi connectivity index (χ1n) is 13.5. The topological polar surface area (TPSA) is 134 Å². The summed E-state index contributed by atoms with van der Waals surface area (Å²) >= 11 is 0. The van der Waals surface area contributed by atoms with Gasteiger partial charge in [0.25, 0.3) is 0 Å². The second-order valence-electron chi connectivity index (χ2n) is 10.2. The molecule has 44 heavy (non-hydrogen) atoms. The van der Waals surface area contributed by atoms with Crippen LogP contribution in [-0.4, -0.2) is 86.5 Å². The maximum absolute atomic E-state index is 13.1. The fourth-order valence-corrected chi connectivity index (χ4v) is 4.10. The van der Waals surface area contributed by atoms with Crippen molar-refractivity contribution >= 4 is 17.9 Å². The molecule has 1 aliphatic rings. The van der Waals surface area contributed by atoms with Crippen molar-refractivity contribution in [1.82, 2.24) is 0 Å². The highest BCUT2D eigenvalue weighted by Crippen LogP contribution is 2.27. The van der Waals surface area contributed by atoms with Crippen molar-refractivity contribution in [1.29, 1.82) is 0 Å². The Kier molecular flexibility index (Phi) is 12.0. The molecule has 0 spiro atoms. The van der Waals surface area contributed by atoms with Gasteiger partial charge in [0.1, 0.15) is 42.8 Å². The van der Waals surface area contributed by atoms with Gasteiger partial charge in [-0.15, -0.1) is 0 Å². The van der Waals surface area contributed by atoms with E-state index < -0.39 is 23.3 Å². The summed E-state index contributed by atoms with van der Waals surface area (Å²) in [7, 11) is 8.87. The van der Waals surface area contributed by atoms with Gasteiger partial charge in [0.05, 0.1) is 69.5 Å². The van der Waals surface area contributed by atoms with Crippen LogP contribution in [0, 0.1) is 5.41 Å². The zero-order valence-corrected chi connectivity index (χ0v) is 25.9. The van der Waals surface area contributed by atoms with Crippen LogP contribution in [-0.2, 0) is 28.5 Å². The Bertz CT molecular complexity index is 1280. The van der Waals surface area contributed by atoms with E-state index in [4.69, 9.17) is 42.6 Å². The van der Waals surface area contributed by atoms with Crippen LogP contribution < -0.4 is 18.9 Å². The van der Waals surface area contributed by atoms with Gasteiger partial charge in [0.2, 0.25) is 0 Å². The summed E-state index contributed by atoms with van der Waals surface area (Å²) in [5.74, 6) is 0.120. The monoisotopic (exact) mass is 614 g/mol. The number of carbonyl (C=O) groups is 3. The zero-order valence-electron chi connectivity index (χ0n) is 25.9. The minimum atomic E-state index is -1.16. The third-order valence-corrected chi connectivity index (χ3v) is 6.71. The van der Waals surface area contributed by atoms with Gasteiger partial charge in [-0.05, 0) is 43.3 Å². The van der Waals surface area contributed by atoms with Crippen LogP contribution in [0.25, 0.3) is 0 Å². The fourth-order valence-electron chi connectivity index (χ4n) is 4.10. The Morgan fingerprint density at radius 2 is 1.05 bits per heavy atom. The van der Waals surface area contributed by atoms with Gasteiger partial charge >= 0.3 is 17.9 Å². The molecule has 0 aromatic heterocycles. The standard InChI is InChI=1S/C32H38O12/c1-32(17-42-29(33)20-8-23(36-2)14-24(9-20)37-3,18-43-30(34)21-10-25(38-4)15-26(11-21)39-5)19-44-31(35)22-12-27(40-6)16-28(13-22)41-7/h8-15,27H,16-19H2,1-7H3. The molecule has 3 rings (SSSR count). The Hall–Kier alpha value is -4.71. The molecule has 0 bridgehead atoms. The summed E-state index contributed by atoms with van der Waals surface area (Å²) in [6.07, 6.45) is 3.30. The van der Waals surface area contributed by atoms with Crippen molar-refractivity contribution in [2.75, 3.05) is 62.5 Å². The first-order valence-corrected chi connectivity index (χ1v) is 13.5. The maximum atomic E-state index is 13.1. The molecule has 0 aliphatic heterocycles. The van der Waals surface area contributed by atoms with Crippen LogP contribution in [0.2, 0.25) is 0 Å². The number of rotatable bonds is 15. The lowest BCUT2D eigenvalue weighted by atomic mass is 9.94. The molecule has 1 atom stereocenters. The van der Waals surface area contributed by atoms with Gasteiger partial charge in [-0.1, -0.05) is 0 Å². The van der Waals surface area contributed by atoms with E-state index in [0.717, 1.165) is 0 Å². The summed E-state index contributed by atoms with van der Waals surface area (Å²) in [4.78, 5) is 39.1. The van der Waals surface area contributed by atoms with Crippen molar-refractivity contribution in [2.24, 2.45) is 5.41 Å². The third-order valence-electron chi connectivity index (χ3n) is 6.71. The summed E-state index contributed by atoms with van der Waals surface area (Å²) in [5, 5.41) is 0. The van der Waals surface area contributed by atoms with Crippen molar-refractivity contribution in [2.45, 2.75) is 19.4 Å². The van der Waals surface area contributed by atoms with E-state index in [0.29, 0.717) is 35.2 Å². The molecule has 12 heteroatoms. The van der Waals surface area contributed by atoms with E-state index in [1.165, 1.54) is 66.9 Å². The van der Waals surface area contributed by atoms with Crippen LogP contribution in [0.3, 0.4) is 0 Å². The maximum Gasteiger partial charge on any atom is 0.338 e. The van der Waals surface area contributed by atoms with E-state index in [-0.39, 0.29) is 42.6 Å². The van der Waals surface area contributed by atoms with Crippen LogP contribution in [0.5, 0.6) is 23.0 Å². The first-order chi connectivity index (χ1) is 21.1. The summed E-state index contributed by atoms with van der Waals surface area (Å²) in [6.45, 7) is 0.849. The number of benzene rings is 2. The highest BCUT2D eigenvalue weighted by molar-refractivity contribution is 5.92. The van der Waals surface area contributed by atoms with Crippen molar-refractivity contribution in [3.63, 3.8) is 0 Å². The molecule has 0 saturated heterocycles. The van der Waals surface area contributed by atoms with Gasteiger partial charge in [0, 0.05) is 25.7 Å². The van der Waals surface area contributed by atoms with E-state index in [1.807, 2.05) is 0 Å². The molecule has 12 nitrogen and oxygen atoms in total. The smallest absolute Gasteiger partial charge is 0.338 e. The fraction of sp³-hybridized carbons (Fsp3) is 0.406. The quantitative estimate of drug-likeness (QED) is 0.211. The lowest BCUT2D eigenvalue weighted by Gasteiger charge is -2.28. The number of ether oxygens (including phenoxy) is 9. The molecule has 2 aromatic carbocycles. The largest absolute Gasteiger partial charge is 0.501 e. The predicted octanol–water partition coefficient (Wildman–Crippen LogP) is 4.16. The lowest BCUT2D eigenvalue weighted by Crippen LogP contribution is -2.37. The van der Waals surface area contributed by atoms with E-state index >= 15 is 0 Å². The molecule has 1 aliphatic carbocycles. The van der Waals surface area contributed by atoms with Crippen molar-refractivity contribution < 1.29 is 57.0 Å². The molecule has 238 valence electrons. The van der Waals surface area contributed by atoms with Crippen LogP contribution >= 0.6 is 0 Å². The van der Waals surface area contributed by atoms with Gasteiger partial charge in [-0.25, -0.2) is 14.4 Å². The summed E-state index contributed by atoms with van der Waals surface area (Å²) in [5.41, 5.74) is -0.563. The lowest BCUT2D eigenvalue weighted by molar-refractivity contribution is -0.144. The van der Waals surface area contributed by atoms with Gasteiger partial charge in [-0.2, -0.15) is 0 Å². The van der Waals surface area contributed by atoms with Crippen LogP contribution in [0.1, 0.15) is 34.1 Å². The number of methoxy groups -OCH3 is 6. The molecule has 2 aromatic rings. The van der Waals surface area contributed by atoms with Crippen molar-refractivity contribution in [3.8, 4) is 23.0 Å². The Labute approximate surface area is 256 Å². The zero-order chi connectivity index (χ0) is 32.3. The predicted molar refractivity (Wildman–Crippen MR) is 157 cm³/mol. The highest BCUT2D eigenvalue weighted by Gasteiger charge is 2.32. The molecule has 0 radical (unpaired) electrons. The van der Waals surface area contributed by atoms with Crippen molar-refractivity contribution in [3.05, 3.63) is 71.0 Å². The van der Waals surface area contributed by atoms with Crippen LogP contribution in [0.15, 0.2) is 59.9 Å². The number of esters is 3. The highest BCUT2D eigenvalue weighted by atomic mass is 16.6. The normalized spacial score (nSPS) is 14.4. The number of hydrogen-bond donors (Lipinski definition) is 0. The molecule has 0 N–H and O–H groups in total. The Balaban J connectivity index is 1.80.